The lowest BCUT2D eigenvalue weighted by Crippen LogP contribution is -2.20. The van der Waals surface area contributed by atoms with Gasteiger partial charge < -0.3 is 4.90 Å². The number of aryl methyl sites for hydroxylation is 2. The summed E-state index contributed by atoms with van der Waals surface area (Å²) in [6.07, 6.45) is 44.6. The van der Waals surface area contributed by atoms with Crippen LogP contribution in [0.2, 0.25) is 0 Å². The van der Waals surface area contributed by atoms with E-state index in [0.29, 0.717) is 5.92 Å². The van der Waals surface area contributed by atoms with Crippen LogP contribution in [0.3, 0.4) is 0 Å². The molecule has 3 aromatic carbocycles. The Bertz CT molecular complexity index is 2730. The van der Waals surface area contributed by atoms with Gasteiger partial charge in [0.15, 0.2) is 0 Å². The van der Waals surface area contributed by atoms with Gasteiger partial charge in [-0.25, -0.2) is 0 Å². The molecule has 0 radical (unpaired) electrons. The fraction of sp³-hybridized carbons (Fsp3) is 0.232. The lowest BCUT2D eigenvalue weighted by molar-refractivity contribution is 0.795. The maximum absolute atomic E-state index is 4.32. The third kappa shape index (κ3) is 17.4. The molecule has 0 atom stereocenters. The van der Waals surface area contributed by atoms with Crippen molar-refractivity contribution in [2.45, 2.75) is 102 Å². The van der Waals surface area contributed by atoms with Gasteiger partial charge in [-0.15, -0.1) is 5.73 Å². The molecule has 1 heteroatoms. The SMILES string of the molecule is C/C=C(\C)C1=CC=CCC1.C=C(C)C(=C)/C=C(\C=C/C)c1cccc(C)c1-c1ccccc1C.C=C\C=C/C(=C\C)C1=C/N(c2ccccc2)C2=C(CCC=C2)C(=C)/C=C\1.CC.CC(C)C1=C=CC=C1. The third-order valence-electron chi connectivity index (χ3n) is 12.0. The van der Waals surface area contributed by atoms with Crippen LogP contribution in [-0.4, -0.2) is 0 Å². The van der Waals surface area contributed by atoms with E-state index in [1.807, 2.05) is 52.0 Å². The van der Waals surface area contributed by atoms with E-state index in [1.165, 1.54) is 68.6 Å². The summed E-state index contributed by atoms with van der Waals surface area (Å²) < 4.78 is 0. The maximum Gasteiger partial charge on any atom is 0.0490 e. The molecule has 0 unspecified atom stereocenters. The van der Waals surface area contributed by atoms with E-state index in [4.69, 9.17) is 0 Å². The average molecular weight is 924 g/mol. The van der Waals surface area contributed by atoms with Crippen molar-refractivity contribution in [1.82, 2.24) is 0 Å². The molecule has 3 aromatic rings. The Morgan fingerprint density at radius 1 is 0.743 bits per heavy atom. The zero-order valence-electron chi connectivity index (χ0n) is 44.6. The molecule has 70 heavy (non-hydrogen) atoms. The van der Waals surface area contributed by atoms with Crippen LogP contribution < -0.4 is 4.90 Å². The van der Waals surface area contributed by atoms with Crippen LogP contribution in [-0.2, 0) is 0 Å². The Morgan fingerprint density at radius 3 is 2.03 bits per heavy atom. The molecule has 7 rings (SSSR count). The number of rotatable bonds is 11. The number of para-hydroxylation sites is 1. The third-order valence-corrected chi connectivity index (χ3v) is 12.0. The van der Waals surface area contributed by atoms with Gasteiger partial charge in [0.05, 0.1) is 0 Å². The fourth-order valence-corrected chi connectivity index (χ4v) is 7.89. The first-order valence-corrected chi connectivity index (χ1v) is 25.1. The first-order valence-electron chi connectivity index (χ1n) is 25.1. The number of benzene rings is 3. The first-order chi connectivity index (χ1) is 33.8. The van der Waals surface area contributed by atoms with Crippen LogP contribution in [0.5, 0.6) is 0 Å². The van der Waals surface area contributed by atoms with E-state index < -0.39 is 0 Å². The monoisotopic (exact) mass is 924 g/mol. The second-order valence-corrected chi connectivity index (χ2v) is 17.4. The summed E-state index contributed by atoms with van der Waals surface area (Å²) in [6, 6.07) is 25.5. The van der Waals surface area contributed by atoms with Crippen LogP contribution in [0.15, 0.2) is 276 Å². The lowest BCUT2D eigenvalue weighted by Gasteiger charge is -2.29. The Morgan fingerprint density at radius 2 is 1.44 bits per heavy atom. The molecule has 1 nitrogen and oxygen atoms in total. The molecule has 0 amide bonds. The standard InChI is InChI=1S/C25H25N.C24H26.C10H14.C8H10.C2H6/c1-4-6-12-21(5-2)22-18-17-20(3)24-15-10-11-16-25(24)26(19-22)23-13-8-7-9-14-23;1-7-11-21(16-20(6)17(2)3)23-15-10-13-19(5)24(23)22-14-9-8-12-18(22)4;1-3-9(2)10-7-5-4-6-8-10;1-7(2)8-5-3-4-6-8;1-2/h4-9,11-14,16-19H,1,3,10,15H2,2H3;7-16H,2,6H2,1,3-5H3;3-5,7H,6,8H2,1-2H3;3-5,7H,1-2H3;1-2H3/b12-6-,18-17-,21-5+,22-19+;11-7-,21-16+;9-3+;;. The predicted molar refractivity (Wildman–Crippen MR) is 315 cm³/mol. The van der Waals surface area contributed by atoms with Crippen molar-refractivity contribution in [1.29, 1.82) is 0 Å². The Labute approximate surface area is 426 Å². The number of anilines is 1. The fourth-order valence-electron chi connectivity index (χ4n) is 7.89. The topological polar surface area (TPSA) is 3.24 Å². The Balaban J connectivity index is 0.000000268. The predicted octanol–water partition coefficient (Wildman–Crippen LogP) is 20.4. The molecule has 1 heterocycles. The first kappa shape index (κ1) is 57.1. The average Bonchev–Trinajstić information content (AvgIpc) is 3.94. The summed E-state index contributed by atoms with van der Waals surface area (Å²) in [7, 11) is 0. The van der Waals surface area contributed by atoms with Gasteiger partial charge in [-0.2, -0.15) is 0 Å². The molecule has 1 aliphatic heterocycles. The van der Waals surface area contributed by atoms with Gasteiger partial charge >= 0.3 is 0 Å². The molecule has 0 saturated carbocycles. The lowest BCUT2D eigenvalue weighted by atomic mass is 9.88. The summed E-state index contributed by atoms with van der Waals surface area (Å²) in [5, 5.41) is 0. The minimum absolute atomic E-state index is 0.630. The van der Waals surface area contributed by atoms with Gasteiger partial charge in [0.25, 0.3) is 0 Å². The molecule has 0 aromatic heterocycles. The quantitative estimate of drug-likeness (QED) is 0.137. The van der Waals surface area contributed by atoms with Crippen molar-refractivity contribution in [3.8, 4) is 11.1 Å². The summed E-state index contributed by atoms with van der Waals surface area (Å²) in [6.45, 7) is 39.3. The summed E-state index contributed by atoms with van der Waals surface area (Å²) in [5.41, 5.74) is 23.9. The van der Waals surface area contributed by atoms with Crippen LogP contribution in [0.4, 0.5) is 5.69 Å². The number of allylic oxidation sites excluding steroid dienone is 27. The number of hydrogen-bond donors (Lipinski definition) is 0. The van der Waals surface area contributed by atoms with E-state index >= 15 is 0 Å². The zero-order chi connectivity index (χ0) is 51.4. The van der Waals surface area contributed by atoms with Gasteiger partial charge in [0.1, 0.15) is 0 Å². The second kappa shape index (κ2) is 31.0. The number of hydrogen-bond acceptors (Lipinski definition) is 1. The second-order valence-electron chi connectivity index (χ2n) is 17.4. The van der Waals surface area contributed by atoms with Crippen LogP contribution >= 0.6 is 0 Å². The zero-order valence-corrected chi connectivity index (χ0v) is 44.6. The molecule has 0 N–H and O–H groups in total. The highest BCUT2D eigenvalue weighted by Gasteiger charge is 2.19. The summed E-state index contributed by atoms with van der Waals surface area (Å²) >= 11 is 0. The molecular formula is C69H81N. The van der Waals surface area contributed by atoms with Gasteiger partial charge in [0, 0.05) is 17.6 Å². The highest BCUT2D eigenvalue weighted by atomic mass is 15.1. The van der Waals surface area contributed by atoms with Crippen molar-refractivity contribution in [3.63, 3.8) is 0 Å². The van der Waals surface area contributed by atoms with E-state index in [2.05, 4.69) is 243 Å². The van der Waals surface area contributed by atoms with Crippen molar-refractivity contribution in [3.05, 3.63) is 293 Å². The van der Waals surface area contributed by atoms with Gasteiger partial charge in [0.2, 0.25) is 0 Å². The highest BCUT2D eigenvalue weighted by Crippen LogP contribution is 2.37. The summed E-state index contributed by atoms with van der Waals surface area (Å²) in [4.78, 5) is 2.28. The van der Waals surface area contributed by atoms with Gasteiger partial charge in [-0.05, 0) is 183 Å². The normalized spacial score (nSPS) is 16.5. The van der Waals surface area contributed by atoms with Crippen LogP contribution in [0, 0.1) is 19.8 Å². The van der Waals surface area contributed by atoms with E-state index in [-0.39, 0.29) is 0 Å². The van der Waals surface area contributed by atoms with Crippen molar-refractivity contribution in [2.24, 2.45) is 5.92 Å². The van der Waals surface area contributed by atoms with E-state index in [9.17, 15) is 0 Å². The molecular weight excluding hydrogens is 843 g/mol. The maximum atomic E-state index is 4.32. The van der Waals surface area contributed by atoms with Crippen LogP contribution in [0.25, 0.3) is 16.7 Å². The minimum atomic E-state index is 0.630. The van der Waals surface area contributed by atoms with Crippen molar-refractivity contribution >= 4 is 11.3 Å². The molecule has 4 aliphatic rings. The molecule has 0 spiro atoms. The number of nitrogens with zero attached hydrogens (tertiary/aromatic N) is 1. The van der Waals surface area contributed by atoms with E-state index in [1.54, 1.807) is 6.08 Å². The van der Waals surface area contributed by atoms with Crippen molar-refractivity contribution < 1.29 is 0 Å². The molecule has 0 saturated heterocycles. The van der Waals surface area contributed by atoms with E-state index in [0.717, 1.165) is 52.0 Å². The molecule has 0 fully saturated rings. The largest absolute Gasteiger partial charge is 0.316 e. The smallest absolute Gasteiger partial charge is 0.0490 e. The Kier molecular flexibility index (Phi) is 25.3. The molecule has 362 valence electrons. The van der Waals surface area contributed by atoms with Gasteiger partial charge in [-0.3, -0.25) is 0 Å². The van der Waals surface area contributed by atoms with Crippen LogP contribution in [0.1, 0.15) is 105 Å². The minimum Gasteiger partial charge on any atom is -0.316 e. The van der Waals surface area contributed by atoms with Gasteiger partial charge in [-0.1, -0.05) is 217 Å². The molecule has 3 aliphatic carbocycles. The summed E-state index contributed by atoms with van der Waals surface area (Å²) in [5.74, 6) is 0.630. The van der Waals surface area contributed by atoms with Crippen molar-refractivity contribution in [2.75, 3.05) is 4.90 Å². The highest BCUT2D eigenvalue weighted by molar-refractivity contribution is 5.89. The molecule has 0 bridgehead atoms. The Hall–Kier alpha value is -7.18.